The van der Waals surface area contributed by atoms with Crippen molar-refractivity contribution in [3.05, 3.63) is 41.3 Å². The van der Waals surface area contributed by atoms with E-state index < -0.39 is 0 Å². The van der Waals surface area contributed by atoms with E-state index in [1.807, 2.05) is 18.2 Å². The van der Waals surface area contributed by atoms with Gasteiger partial charge in [-0.25, -0.2) is 10.8 Å². The Morgan fingerprint density at radius 2 is 1.95 bits per heavy atom. The molecule has 4 nitrogen and oxygen atoms in total. The van der Waals surface area contributed by atoms with Gasteiger partial charge in [-0.05, 0) is 42.5 Å². The number of hydrogen-bond acceptors (Lipinski definition) is 4. The highest BCUT2D eigenvalue weighted by Gasteiger charge is 2.16. The summed E-state index contributed by atoms with van der Waals surface area (Å²) < 4.78 is 0. The zero-order valence-electron chi connectivity index (χ0n) is 13.4. The average Bonchev–Trinajstić information content (AvgIpc) is 2.49. The molecule has 0 spiro atoms. The molecule has 2 N–H and O–H groups in total. The summed E-state index contributed by atoms with van der Waals surface area (Å²) in [4.78, 5) is 8.83. The molecule has 0 atom stereocenters. The molecule has 118 valence electrons. The van der Waals surface area contributed by atoms with E-state index in [1.54, 1.807) is 17.4 Å². The normalized spacial score (nSPS) is 11.0. The fourth-order valence-electron chi connectivity index (χ4n) is 2.39. The van der Waals surface area contributed by atoms with Gasteiger partial charge in [0.25, 0.3) is 0 Å². The Bertz CT molecular complexity index is 614. The van der Waals surface area contributed by atoms with E-state index in [4.69, 9.17) is 22.4 Å². The largest absolute Gasteiger partial charge is 0.294 e. The third kappa shape index (κ3) is 3.96. The van der Waals surface area contributed by atoms with Gasteiger partial charge in [0.15, 0.2) is 5.82 Å². The molecule has 0 aliphatic rings. The summed E-state index contributed by atoms with van der Waals surface area (Å²) in [6, 6.07) is 5.92. The minimum absolute atomic E-state index is 0.500. The molecular formula is C17H23ClN4. The summed E-state index contributed by atoms with van der Waals surface area (Å²) in [6.07, 6.45) is 5.38. The van der Waals surface area contributed by atoms with Gasteiger partial charge in [-0.2, -0.15) is 0 Å². The van der Waals surface area contributed by atoms with Crippen LogP contribution in [-0.2, 0) is 6.42 Å². The molecule has 0 aliphatic carbocycles. The van der Waals surface area contributed by atoms with Gasteiger partial charge in [-0.1, -0.05) is 32.4 Å². The molecule has 0 saturated carbocycles. The van der Waals surface area contributed by atoms with Crippen molar-refractivity contribution < 1.29 is 0 Å². The molecule has 0 radical (unpaired) electrons. The minimum Gasteiger partial charge on any atom is -0.294 e. The monoisotopic (exact) mass is 318 g/mol. The van der Waals surface area contributed by atoms with Crippen LogP contribution in [0.4, 0.5) is 5.82 Å². The number of hydrogen-bond donors (Lipinski definition) is 1. The molecule has 2 aromatic heterocycles. The number of halogens is 1. The zero-order chi connectivity index (χ0) is 16.1. The number of rotatable bonds is 6. The highest BCUT2D eigenvalue weighted by molar-refractivity contribution is 6.33. The molecule has 2 rings (SSSR count). The number of nitrogens with zero attached hydrogens (tertiary/aromatic N) is 3. The van der Waals surface area contributed by atoms with Crippen LogP contribution in [0.2, 0.25) is 5.02 Å². The van der Waals surface area contributed by atoms with Crippen LogP contribution in [0.25, 0.3) is 11.1 Å². The van der Waals surface area contributed by atoms with Crippen LogP contribution in [-0.4, -0.2) is 16.5 Å². The van der Waals surface area contributed by atoms with Crippen molar-refractivity contribution >= 4 is 17.4 Å². The summed E-state index contributed by atoms with van der Waals surface area (Å²) in [5, 5.41) is 2.21. The summed E-state index contributed by atoms with van der Waals surface area (Å²) in [5.41, 5.74) is 3.15. The quantitative estimate of drug-likeness (QED) is 0.644. The van der Waals surface area contributed by atoms with Gasteiger partial charge in [-0.3, -0.25) is 9.99 Å². The maximum absolute atomic E-state index is 6.42. The van der Waals surface area contributed by atoms with Gasteiger partial charge in [0.05, 0.1) is 10.7 Å². The second-order valence-corrected chi connectivity index (χ2v) is 6.22. The number of hydrazine groups is 1. The fourth-order valence-corrected chi connectivity index (χ4v) is 2.65. The summed E-state index contributed by atoms with van der Waals surface area (Å²) >= 11 is 6.42. The molecule has 22 heavy (non-hydrogen) atoms. The standard InChI is InChI=1S/C17H23ClN4/c1-4-9-22(19)17-15(18)11-14(13-5-7-20-8-6-13)16(21-17)10-12(2)3/h5-8,11-12H,4,9-10,19H2,1-3H3. The predicted molar refractivity (Wildman–Crippen MR) is 92.8 cm³/mol. The van der Waals surface area contributed by atoms with Crippen molar-refractivity contribution in [3.8, 4) is 11.1 Å². The van der Waals surface area contributed by atoms with Gasteiger partial charge < -0.3 is 0 Å². The number of nitrogens with two attached hydrogens (primary N) is 1. The second-order valence-electron chi connectivity index (χ2n) is 5.82. The third-order valence-corrected chi connectivity index (χ3v) is 3.64. The Hall–Kier alpha value is -1.65. The van der Waals surface area contributed by atoms with E-state index in [2.05, 4.69) is 25.8 Å². The number of anilines is 1. The Morgan fingerprint density at radius 3 is 2.55 bits per heavy atom. The Balaban J connectivity index is 2.51. The summed E-state index contributed by atoms with van der Waals surface area (Å²) in [5.74, 6) is 7.22. The summed E-state index contributed by atoms with van der Waals surface area (Å²) in [6.45, 7) is 7.16. The van der Waals surface area contributed by atoms with Crippen LogP contribution in [0, 0.1) is 5.92 Å². The van der Waals surface area contributed by atoms with Crippen LogP contribution in [0.1, 0.15) is 32.9 Å². The van der Waals surface area contributed by atoms with E-state index in [9.17, 15) is 0 Å². The van der Waals surface area contributed by atoms with Crippen LogP contribution in [0.3, 0.4) is 0 Å². The first-order valence-electron chi connectivity index (χ1n) is 7.65. The lowest BCUT2D eigenvalue weighted by Gasteiger charge is -2.21. The topological polar surface area (TPSA) is 55.0 Å². The van der Waals surface area contributed by atoms with Crippen molar-refractivity contribution in [1.29, 1.82) is 0 Å². The van der Waals surface area contributed by atoms with Gasteiger partial charge in [0.2, 0.25) is 0 Å². The minimum atomic E-state index is 0.500. The molecule has 2 aromatic rings. The Kier molecular flexibility index (Phi) is 5.75. The second kappa shape index (κ2) is 7.56. The molecule has 0 unspecified atom stereocenters. The molecule has 0 aromatic carbocycles. The lowest BCUT2D eigenvalue weighted by atomic mass is 9.98. The third-order valence-electron chi connectivity index (χ3n) is 3.37. The van der Waals surface area contributed by atoms with Crippen LogP contribution in [0.15, 0.2) is 30.6 Å². The van der Waals surface area contributed by atoms with E-state index >= 15 is 0 Å². The van der Waals surface area contributed by atoms with Gasteiger partial charge in [0, 0.05) is 24.5 Å². The molecular weight excluding hydrogens is 296 g/mol. The Labute approximate surface area is 137 Å². The van der Waals surface area contributed by atoms with Crippen LogP contribution in [0.5, 0.6) is 0 Å². The lowest BCUT2D eigenvalue weighted by molar-refractivity contribution is 0.635. The number of aromatic nitrogens is 2. The molecule has 5 heteroatoms. The van der Waals surface area contributed by atoms with Gasteiger partial charge >= 0.3 is 0 Å². The lowest BCUT2D eigenvalue weighted by Crippen LogP contribution is -2.33. The molecule has 0 aliphatic heterocycles. The fraction of sp³-hybridized carbons (Fsp3) is 0.412. The molecule has 2 heterocycles. The molecule has 0 amide bonds. The maximum atomic E-state index is 6.42. The average molecular weight is 319 g/mol. The first-order valence-corrected chi connectivity index (χ1v) is 8.02. The van der Waals surface area contributed by atoms with E-state index in [1.165, 1.54) is 0 Å². The summed E-state index contributed by atoms with van der Waals surface area (Å²) in [7, 11) is 0. The van der Waals surface area contributed by atoms with Crippen molar-refractivity contribution in [3.63, 3.8) is 0 Å². The number of pyridine rings is 2. The van der Waals surface area contributed by atoms with Crippen molar-refractivity contribution in [2.75, 3.05) is 11.6 Å². The van der Waals surface area contributed by atoms with Crippen LogP contribution < -0.4 is 10.9 Å². The van der Waals surface area contributed by atoms with E-state index in [0.29, 0.717) is 16.8 Å². The highest BCUT2D eigenvalue weighted by atomic mass is 35.5. The highest BCUT2D eigenvalue weighted by Crippen LogP contribution is 2.32. The predicted octanol–water partition coefficient (Wildman–Crippen LogP) is 4.09. The first-order chi connectivity index (χ1) is 10.5. The Morgan fingerprint density at radius 1 is 1.27 bits per heavy atom. The van der Waals surface area contributed by atoms with Crippen molar-refractivity contribution in [1.82, 2.24) is 9.97 Å². The van der Waals surface area contributed by atoms with E-state index in [-0.39, 0.29) is 0 Å². The molecule has 0 saturated heterocycles. The van der Waals surface area contributed by atoms with Crippen molar-refractivity contribution in [2.24, 2.45) is 11.8 Å². The SMILES string of the molecule is CCCN(N)c1nc(CC(C)C)c(-c2ccncc2)cc1Cl. The molecule has 0 bridgehead atoms. The van der Waals surface area contributed by atoms with Crippen molar-refractivity contribution in [2.45, 2.75) is 33.6 Å². The van der Waals surface area contributed by atoms with Crippen LogP contribution >= 0.6 is 11.6 Å². The smallest absolute Gasteiger partial charge is 0.161 e. The van der Waals surface area contributed by atoms with Gasteiger partial charge in [0.1, 0.15) is 0 Å². The van der Waals surface area contributed by atoms with E-state index in [0.717, 1.165) is 36.2 Å². The zero-order valence-corrected chi connectivity index (χ0v) is 14.1. The molecule has 0 fully saturated rings. The van der Waals surface area contributed by atoms with Gasteiger partial charge in [-0.15, -0.1) is 0 Å². The maximum Gasteiger partial charge on any atom is 0.161 e. The first kappa shape index (κ1) is 16.7.